The largest absolute Gasteiger partial charge is 0.494 e. The van der Waals surface area contributed by atoms with Crippen LogP contribution in [0.25, 0.3) is 0 Å². The van der Waals surface area contributed by atoms with E-state index in [0.29, 0.717) is 9.75 Å². The Labute approximate surface area is 262 Å². The van der Waals surface area contributed by atoms with Gasteiger partial charge in [-0.2, -0.15) is 10.5 Å². The molecule has 222 valence electrons. The molecule has 0 amide bonds. The second-order valence-corrected chi connectivity index (χ2v) is 11.5. The number of thiophene rings is 1. The van der Waals surface area contributed by atoms with Crippen molar-refractivity contribution in [1.82, 2.24) is 0 Å². The summed E-state index contributed by atoms with van der Waals surface area (Å²) >= 11 is 1.28. The number of hydrogen-bond donors (Lipinski definition) is 0. The van der Waals surface area contributed by atoms with Crippen LogP contribution in [0.1, 0.15) is 123 Å². The van der Waals surface area contributed by atoms with Gasteiger partial charge in [-0.1, -0.05) is 89.9 Å². The quantitative estimate of drug-likeness (QED) is 0.123. The molecule has 0 fully saturated rings. The van der Waals surface area contributed by atoms with Gasteiger partial charge in [-0.15, -0.1) is 11.3 Å². The smallest absolute Gasteiger partial charge is 0.119 e. The Hall–Kier alpha value is -4.16. The lowest BCUT2D eigenvalue weighted by Crippen LogP contribution is -1.97. The predicted molar refractivity (Wildman–Crippen MR) is 176 cm³/mol. The van der Waals surface area contributed by atoms with Crippen molar-refractivity contribution in [1.29, 1.82) is 10.5 Å². The Morgan fingerprint density at radius 3 is 1.26 bits per heavy atom. The van der Waals surface area contributed by atoms with Gasteiger partial charge in [0.05, 0.1) is 34.1 Å². The lowest BCUT2D eigenvalue weighted by atomic mass is 10.1. The summed E-state index contributed by atoms with van der Waals surface area (Å²) in [5.74, 6) is 14.1. The van der Waals surface area contributed by atoms with Crippen LogP contribution in [-0.2, 0) is 0 Å². The monoisotopic (exact) mass is 590 g/mol. The molecule has 3 aromatic rings. The molecule has 43 heavy (non-hydrogen) atoms. The first-order chi connectivity index (χ1) is 21.2. The van der Waals surface area contributed by atoms with Crippen molar-refractivity contribution in [3.8, 4) is 47.3 Å². The van der Waals surface area contributed by atoms with Crippen LogP contribution in [0.15, 0.2) is 48.5 Å². The van der Waals surface area contributed by atoms with Gasteiger partial charge in [0.1, 0.15) is 23.6 Å². The van der Waals surface area contributed by atoms with E-state index in [1.165, 1.54) is 75.5 Å². The van der Waals surface area contributed by atoms with Crippen LogP contribution < -0.4 is 9.47 Å². The molecule has 2 aromatic carbocycles. The van der Waals surface area contributed by atoms with Gasteiger partial charge in [-0.3, -0.25) is 0 Å². The summed E-state index contributed by atoms with van der Waals surface area (Å²) < 4.78 is 11.7. The number of nitriles is 2. The molecule has 0 aliphatic heterocycles. The van der Waals surface area contributed by atoms with Crippen molar-refractivity contribution in [2.75, 3.05) is 13.2 Å². The van der Waals surface area contributed by atoms with Crippen molar-refractivity contribution < 1.29 is 9.47 Å². The molecule has 3 rings (SSSR count). The number of rotatable bonds is 16. The summed E-state index contributed by atoms with van der Waals surface area (Å²) in [6.45, 7) is 5.89. The minimum atomic E-state index is 0.279. The van der Waals surface area contributed by atoms with Gasteiger partial charge in [0.2, 0.25) is 0 Å². The average Bonchev–Trinajstić information content (AvgIpc) is 3.39. The number of benzene rings is 2. The van der Waals surface area contributed by atoms with E-state index < -0.39 is 0 Å². The summed E-state index contributed by atoms with van der Waals surface area (Å²) in [7, 11) is 0. The summed E-state index contributed by atoms with van der Waals surface area (Å²) in [6.07, 6.45) is 14.8. The molecule has 0 spiro atoms. The molecule has 0 radical (unpaired) electrons. The third-order valence-electron chi connectivity index (χ3n) is 7.01. The van der Waals surface area contributed by atoms with Crippen LogP contribution in [0, 0.1) is 46.3 Å². The van der Waals surface area contributed by atoms with Crippen LogP contribution in [0.5, 0.6) is 11.5 Å². The number of ether oxygens (including phenoxy) is 2. The molecule has 0 bridgehead atoms. The summed E-state index contributed by atoms with van der Waals surface area (Å²) in [5.41, 5.74) is 2.19. The zero-order valence-corrected chi connectivity index (χ0v) is 26.5. The van der Waals surface area contributed by atoms with Gasteiger partial charge in [0, 0.05) is 11.1 Å². The van der Waals surface area contributed by atoms with Gasteiger partial charge < -0.3 is 9.47 Å². The Morgan fingerprint density at radius 1 is 0.512 bits per heavy atom. The predicted octanol–water partition coefficient (Wildman–Crippen LogP) is 9.77. The standard InChI is InChI=1S/C38H42N2O2S/c1-3-5-7-9-11-13-27-41-33-21-15-31(16-22-33)19-25-37-35(29-39)36(30-40)38(43-37)26-20-32-17-23-34(24-18-32)42-28-14-12-10-8-6-4-2/h15-18,21-24H,3-14,27-28H2,1-2H3. The third kappa shape index (κ3) is 11.9. The fraction of sp³-hybridized carbons (Fsp3) is 0.421. The topological polar surface area (TPSA) is 66.0 Å². The molecule has 1 heterocycles. The van der Waals surface area contributed by atoms with Crippen molar-refractivity contribution in [3.63, 3.8) is 0 Å². The number of hydrogen-bond acceptors (Lipinski definition) is 5. The van der Waals surface area contributed by atoms with E-state index in [2.05, 4.69) is 49.7 Å². The van der Waals surface area contributed by atoms with E-state index in [1.54, 1.807) is 0 Å². The van der Waals surface area contributed by atoms with Gasteiger partial charge in [-0.05, 0) is 73.2 Å². The highest BCUT2D eigenvalue weighted by molar-refractivity contribution is 7.13. The SMILES string of the molecule is CCCCCCCCOc1ccc(C#Cc2sc(C#Cc3ccc(OCCCCCCCC)cc3)c(C#N)c2C#N)cc1. The first-order valence-electron chi connectivity index (χ1n) is 15.6. The summed E-state index contributed by atoms with van der Waals surface area (Å²) in [6, 6.07) is 19.6. The van der Waals surface area contributed by atoms with Crippen LogP contribution >= 0.6 is 11.3 Å². The molecule has 4 nitrogen and oxygen atoms in total. The molecule has 0 N–H and O–H groups in total. The highest BCUT2D eigenvalue weighted by Gasteiger charge is 2.15. The van der Waals surface area contributed by atoms with E-state index in [4.69, 9.17) is 9.47 Å². The Balaban J connectivity index is 1.57. The zero-order valence-electron chi connectivity index (χ0n) is 25.6. The molecule has 0 atom stereocenters. The van der Waals surface area contributed by atoms with E-state index in [9.17, 15) is 10.5 Å². The van der Waals surface area contributed by atoms with E-state index in [-0.39, 0.29) is 11.1 Å². The lowest BCUT2D eigenvalue weighted by molar-refractivity contribution is 0.304. The molecular weight excluding hydrogens is 548 g/mol. The molecule has 0 saturated carbocycles. The Bertz CT molecular complexity index is 1350. The number of unbranched alkanes of at least 4 members (excludes halogenated alkanes) is 10. The van der Waals surface area contributed by atoms with E-state index in [0.717, 1.165) is 48.7 Å². The van der Waals surface area contributed by atoms with Gasteiger partial charge in [0.25, 0.3) is 0 Å². The molecule has 5 heteroatoms. The van der Waals surface area contributed by atoms with E-state index >= 15 is 0 Å². The normalized spacial score (nSPS) is 10.0. The van der Waals surface area contributed by atoms with Crippen LogP contribution in [0.3, 0.4) is 0 Å². The van der Waals surface area contributed by atoms with Crippen molar-refractivity contribution >= 4 is 11.3 Å². The fourth-order valence-electron chi connectivity index (χ4n) is 4.49. The maximum absolute atomic E-state index is 9.76. The van der Waals surface area contributed by atoms with Crippen LogP contribution in [0.2, 0.25) is 0 Å². The zero-order chi connectivity index (χ0) is 30.5. The third-order valence-corrected chi connectivity index (χ3v) is 8.04. The van der Waals surface area contributed by atoms with Crippen molar-refractivity contribution in [3.05, 3.63) is 80.5 Å². The van der Waals surface area contributed by atoms with Crippen molar-refractivity contribution in [2.24, 2.45) is 0 Å². The maximum atomic E-state index is 9.76. The second kappa shape index (κ2) is 19.9. The van der Waals surface area contributed by atoms with Gasteiger partial charge in [0.15, 0.2) is 0 Å². The molecular formula is C38H42N2O2S. The Kier molecular flexibility index (Phi) is 15.4. The molecule has 0 aliphatic carbocycles. The minimum Gasteiger partial charge on any atom is -0.494 e. The second-order valence-electron chi connectivity index (χ2n) is 10.5. The fourth-order valence-corrected chi connectivity index (χ4v) is 5.40. The van der Waals surface area contributed by atoms with Crippen molar-refractivity contribution in [2.45, 2.75) is 90.9 Å². The highest BCUT2D eigenvalue weighted by atomic mass is 32.1. The van der Waals surface area contributed by atoms with Gasteiger partial charge >= 0.3 is 0 Å². The lowest BCUT2D eigenvalue weighted by Gasteiger charge is -2.06. The number of nitrogens with zero attached hydrogens (tertiary/aromatic N) is 2. The van der Waals surface area contributed by atoms with Gasteiger partial charge in [-0.25, -0.2) is 0 Å². The minimum absolute atomic E-state index is 0.279. The molecule has 0 saturated heterocycles. The Morgan fingerprint density at radius 2 is 0.884 bits per heavy atom. The molecule has 0 aliphatic rings. The maximum Gasteiger partial charge on any atom is 0.119 e. The highest BCUT2D eigenvalue weighted by Crippen LogP contribution is 2.27. The van der Waals surface area contributed by atoms with Crippen LogP contribution in [-0.4, -0.2) is 13.2 Å². The molecule has 1 aromatic heterocycles. The summed E-state index contributed by atoms with van der Waals surface area (Å²) in [4.78, 5) is 1.09. The molecule has 0 unspecified atom stereocenters. The average molecular weight is 591 g/mol. The first kappa shape index (κ1) is 33.3. The van der Waals surface area contributed by atoms with Crippen LogP contribution in [0.4, 0.5) is 0 Å². The van der Waals surface area contributed by atoms with E-state index in [1.807, 2.05) is 48.5 Å². The first-order valence-corrected chi connectivity index (χ1v) is 16.5. The summed E-state index contributed by atoms with van der Waals surface area (Å²) in [5, 5.41) is 19.5.